The Morgan fingerprint density at radius 2 is 1.86 bits per heavy atom. The maximum atomic E-state index is 13.6. The summed E-state index contributed by atoms with van der Waals surface area (Å²) in [6.45, 7) is 5.25. The molecule has 0 heterocycles. The van der Waals surface area contributed by atoms with Gasteiger partial charge in [-0.2, -0.15) is 0 Å². The first-order valence-corrected chi connectivity index (χ1v) is 6.84. The SMILES string of the molecule is CC(NC(=O)NCC(C(=O)O)C(C)C)c1ccccc1F. The van der Waals surface area contributed by atoms with Gasteiger partial charge >= 0.3 is 12.0 Å². The van der Waals surface area contributed by atoms with Crippen molar-refractivity contribution in [3.05, 3.63) is 35.6 Å². The average molecular weight is 296 g/mol. The lowest BCUT2D eigenvalue weighted by Gasteiger charge is -2.19. The van der Waals surface area contributed by atoms with Gasteiger partial charge in [0.05, 0.1) is 12.0 Å². The Kier molecular flexibility index (Phi) is 6.14. The van der Waals surface area contributed by atoms with E-state index in [1.165, 1.54) is 6.07 Å². The Balaban J connectivity index is 2.54. The standard InChI is InChI=1S/C15H21FN2O3/c1-9(2)12(14(19)20)8-17-15(21)18-10(3)11-6-4-5-7-13(11)16/h4-7,9-10,12H,8H2,1-3H3,(H,19,20)(H2,17,18,21). The highest BCUT2D eigenvalue weighted by atomic mass is 19.1. The number of rotatable bonds is 6. The third-order valence-corrected chi connectivity index (χ3v) is 3.32. The zero-order chi connectivity index (χ0) is 16.0. The summed E-state index contributed by atoms with van der Waals surface area (Å²) in [5.74, 6) is -2.09. The summed E-state index contributed by atoms with van der Waals surface area (Å²) in [6, 6.07) is 5.16. The predicted octanol–water partition coefficient (Wildman–Crippen LogP) is 2.54. The Labute approximate surface area is 123 Å². The molecular formula is C15H21FN2O3. The van der Waals surface area contributed by atoms with E-state index in [1.54, 1.807) is 39.0 Å². The van der Waals surface area contributed by atoms with Gasteiger partial charge in [-0.05, 0) is 18.9 Å². The number of carboxylic acid groups (broad SMARTS) is 1. The molecule has 2 atom stereocenters. The fraction of sp³-hybridized carbons (Fsp3) is 0.467. The molecule has 5 nitrogen and oxygen atoms in total. The van der Waals surface area contributed by atoms with Gasteiger partial charge in [0, 0.05) is 12.1 Å². The number of hydrogen-bond donors (Lipinski definition) is 3. The molecule has 6 heteroatoms. The average Bonchev–Trinajstić information content (AvgIpc) is 2.38. The van der Waals surface area contributed by atoms with Crippen LogP contribution in [0.1, 0.15) is 32.4 Å². The summed E-state index contributed by atoms with van der Waals surface area (Å²) >= 11 is 0. The number of carbonyl (C=O) groups excluding carboxylic acids is 1. The van der Waals surface area contributed by atoms with Crippen LogP contribution in [-0.2, 0) is 4.79 Å². The summed E-state index contributed by atoms with van der Waals surface area (Å²) < 4.78 is 13.6. The molecule has 0 aliphatic carbocycles. The van der Waals surface area contributed by atoms with Crippen LogP contribution in [0.4, 0.5) is 9.18 Å². The lowest BCUT2D eigenvalue weighted by molar-refractivity contribution is -0.142. The zero-order valence-corrected chi connectivity index (χ0v) is 12.4. The quantitative estimate of drug-likeness (QED) is 0.755. The van der Waals surface area contributed by atoms with E-state index >= 15 is 0 Å². The van der Waals surface area contributed by atoms with Crippen LogP contribution in [0.3, 0.4) is 0 Å². The molecule has 116 valence electrons. The minimum Gasteiger partial charge on any atom is -0.481 e. The van der Waals surface area contributed by atoms with Crippen molar-refractivity contribution in [2.45, 2.75) is 26.8 Å². The van der Waals surface area contributed by atoms with Crippen molar-refractivity contribution in [2.75, 3.05) is 6.54 Å². The summed E-state index contributed by atoms with van der Waals surface area (Å²) in [6.07, 6.45) is 0. The topological polar surface area (TPSA) is 78.4 Å². The molecular weight excluding hydrogens is 275 g/mol. The zero-order valence-electron chi connectivity index (χ0n) is 12.4. The van der Waals surface area contributed by atoms with Gasteiger partial charge in [-0.25, -0.2) is 9.18 Å². The first kappa shape index (κ1) is 16.9. The summed E-state index contributed by atoms with van der Waals surface area (Å²) in [5.41, 5.74) is 0.381. The van der Waals surface area contributed by atoms with Crippen molar-refractivity contribution in [1.29, 1.82) is 0 Å². The highest BCUT2D eigenvalue weighted by molar-refractivity contribution is 5.76. The van der Waals surface area contributed by atoms with Gasteiger partial charge in [0.1, 0.15) is 5.82 Å². The molecule has 0 bridgehead atoms. The number of hydrogen-bond acceptors (Lipinski definition) is 2. The van der Waals surface area contributed by atoms with E-state index in [-0.39, 0.29) is 12.5 Å². The van der Waals surface area contributed by atoms with Gasteiger partial charge in [0.25, 0.3) is 0 Å². The molecule has 1 aromatic carbocycles. The van der Waals surface area contributed by atoms with Gasteiger partial charge in [-0.1, -0.05) is 32.0 Å². The molecule has 1 aromatic rings. The molecule has 0 radical (unpaired) electrons. The van der Waals surface area contributed by atoms with Gasteiger partial charge in [-0.3, -0.25) is 4.79 Å². The summed E-state index contributed by atoms with van der Waals surface area (Å²) in [4.78, 5) is 22.8. The Bertz CT molecular complexity index is 505. The van der Waals surface area contributed by atoms with Gasteiger partial charge < -0.3 is 15.7 Å². The minimum atomic E-state index is -0.951. The molecule has 21 heavy (non-hydrogen) atoms. The smallest absolute Gasteiger partial charge is 0.315 e. The number of urea groups is 1. The lowest BCUT2D eigenvalue weighted by atomic mass is 9.96. The van der Waals surface area contributed by atoms with Crippen molar-refractivity contribution in [3.8, 4) is 0 Å². The minimum absolute atomic E-state index is 0.0306. The Morgan fingerprint density at radius 1 is 1.24 bits per heavy atom. The normalized spacial score (nSPS) is 13.6. The van der Waals surface area contributed by atoms with Crippen molar-refractivity contribution in [2.24, 2.45) is 11.8 Å². The largest absolute Gasteiger partial charge is 0.481 e. The number of carbonyl (C=O) groups is 2. The molecule has 0 aromatic heterocycles. The third kappa shape index (κ3) is 5.06. The number of carboxylic acids is 1. The second-order valence-corrected chi connectivity index (χ2v) is 5.29. The van der Waals surface area contributed by atoms with Crippen LogP contribution in [0.2, 0.25) is 0 Å². The fourth-order valence-corrected chi connectivity index (χ4v) is 1.96. The molecule has 3 N–H and O–H groups in total. The van der Waals surface area contributed by atoms with Crippen LogP contribution in [-0.4, -0.2) is 23.7 Å². The molecule has 0 saturated carbocycles. The molecule has 0 aliphatic heterocycles. The number of nitrogens with one attached hydrogen (secondary N) is 2. The third-order valence-electron chi connectivity index (χ3n) is 3.32. The first-order valence-electron chi connectivity index (χ1n) is 6.84. The summed E-state index contributed by atoms with van der Waals surface area (Å²) in [7, 11) is 0. The maximum Gasteiger partial charge on any atom is 0.315 e. The Hall–Kier alpha value is -2.11. The molecule has 2 unspecified atom stereocenters. The molecule has 2 amide bonds. The van der Waals surface area contributed by atoms with Crippen molar-refractivity contribution >= 4 is 12.0 Å². The fourth-order valence-electron chi connectivity index (χ4n) is 1.96. The van der Waals surface area contributed by atoms with Crippen LogP contribution in [0.25, 0.3) is 0 Å². The second kappa shape index (κ2) is 7.61. The number of aliphatic carboxylic acids is 1. The monoisotopic (exact) mass is 296 g/mol. The molecule has 0 spiro atoms. The molecule has 1 rings (SSSR count). The number of amides is 2. The maximum absolute atomic E-state index is 13.6. The Morgan fingerprint density at radius 3 is 2.38 bits per heavy atom. The number of benzene rings is 1. The van der Waals surface area contributed by atoms with E-state index in [4.69, 9.17) is 5.11 Å². The number of halogens is 1. The second-order valence-electron chi connectivity index (χ2n) is 5.29. The van der Waals surface area contributed by atoms with Gasteiger partial charge in [0.15, 0.2) is 0 Å². The first-order chi connectivity index (χ1) is 9.82. The highest BCUT2D eigenvalue weighted by Crippen LogP contribution is 2.15. The molecule has 0 saturated heterocycles. The lowest BCUT2D eigenvalue weighted by Crippen LogP contribution is -2.42. The van der Waals surface area contributed by atoms with E-state index in [0.717, 1.165) is 0 Å². The molecule has 0 fully saturated rings. The van der Waals surface area contributed by atoms with Crippen molar-refractivity contribution < 1.29 is 19.1 Å². The predicted molar refractivity (Wildman–Crippen MR) is 77.3 cm³/mol. The van der Waals surface area contributed by atoms with E-state index in [9.17, 15) is 14.0 Å². The van der Waals surface area contributed by atoms with Crippen LogP contribution in [0.15, 0.2) is 24.3 Å². The van der Waals surface area contributed by atoms with Crippen LogP contribution < -0.4 is 10.6 Å². The van der Waals surface area contributed by atoms with E-state index < -0.39 is 29.8 Å². The van der Waals surface area contributed by atoms with E-state index in [2.05, 4.69) is 10.6 Å². The molecule has 0 aliphatic rings. The van der Waals surface area contributed by atoms with Crippen LogP contribution in [0.5, 0.6) is 0 Å². The van der Waals surface area contributed by atoms with E-state index in [1.807, 2.05) is 0 Å². The van der Waals surface area contributed by atoms with Gasteiger partial charge in [-0.15, -0.1) is 0 Å². The van der Waals surface area contributed by atoms with Crippen molar-refractivity contribution in [1.82, 2.24) is 10.6 Å². The highest BCUT2D eigenvalue weighted by Gasteiger charge is 2.22. The van der Waals surface area contributed by atoms with Crippen LogP contribution >= 0.6 is 0 Å². The van der Waals surface area contributed by atoms with Gasteiger partial charge in [0.2, 0.25) is 0 Å². The van der Waals surface area contributed by atoms with E-state index in [0.29, 0.717) is 5.56 Å². The van der Waals surface area contributed by atoms with Crippen molar-refractivity contribution in [3.63, 3.8) is 0 Å². The van der Waals surface area contributed by atoms with Crippen LogP contribution in [0, 0.1) is 17.7 Å². The summed E-state index contributed by atoms with van der Waals surface area (Å²) in [5, 5.41) is 14.1.